The van der Waals surface area contributed by atoms with Crippen LogP contribution in [-0.2, 0) is 6.54 Å². The smallest absolute Gasteiger partial charge is 0.209 e. The molecule has 2 N–H and O–H groups in total. The summed E-state index contributed by atoms with van der Waals surface area (Å²) in [6, 6.07) is 6.33. The fraction of sp³-hybridized carbons (Fsp3) is 0.562. The topological polar surface area (TPSA) is 58.5 Å². The van der Waals surface area contributed by atoms with Gasteiger partial charge in [-0.25, -0.2) is 4.98 Å². The third-order valence-corrected chi connectivity index (χ3v) is 4.33. The number of fused-ring (bicyclic) bond motifs is 1. The Kier molecular flexibility index (Phi) is 4.12. The van der Waals surface area contributed by atoms with Crippen molar-refractivity contribution in [3.05, 3.63) is 24.1 Å². The van der Waals surface area contributed by atoms with E-state index < -0.39 is 0 Å². The van der Waals surface area contributed by atoms with Crippen LogP contribution in [0, 0.1) is 0 Å². The standard InChI is InChI=1S/C16H24N4O/c1-3-20-9-5-6-12(20)10-19(2)11-15-18-16-13(17)7-4-8-14(16)21-15/h4,7-8,12H,3,5-6,9-11,17H2,1-2H3. The van der Waals surface area contributed by atoms with Crippen LogP contribution in [-0.4, -0.2) is 47.5 Å². The molecular weight excluding hydrogens is 264 g/mol. The normalized spacial score (nSPS) is 19.9. The van der Waals surface area contributed by atoms with E-state index in [0.717, 1.165) is 36.6 Å². The Bertz CT molecular complexity index is 609. The Morgan fingerprint density at radius 2 is 2.33 bits per heavy atom. The van der Waals surface area contributed by atoms with Gasteiger partial charge in [-0.3, -0.25) is 9.80 Å². The van der Waals surface area contributed by atoms with Crippen molar-refractivity contribution in [3.63, 3.8) is 0 Å². The second kappa shape index (κ2) is 6.03. The molecule has 0 bridgehead atoms. The molecule has 114 valence electrons. The summed E-state index contributed by atoms with van der Waals surface area (Å²) in [7, 11) is 2.13. The molecule has 0 radical (unpaired) electrons. The molecule has 0 spiro atoms. The summed E-state index contributed by atoms with van der Waals surface area (Å²) >= 11 is 0. The molecule has 0 aliphatic carbocycles. The average Bonchev–Trinajstić information content (AvgIpc) is 3.05. The Morgan fingerprint density at radius 1 is 1.48 bits per heavy atom. The molecule has 1 aromatic carbocycles. The van der Waals surface area contributed by atoms with E-state index in [2.05, 4.69) is 28.8 Å². The van der Waals surface area contributed by atoms with Crippen LogP contribution in [0.4, 0.5) is 5.69 Å². The number of para-hydroxylation sites is 1. The highest BCUT2D eigenvalue weighted by Crippen LogP contribution is 2.22. The van der Waals surface area contributed by atoms with Crippen LogP contribution in [0.25, 0.3) is 11.1 Å². The van der Waals surface area contributed by atoms with Crippen molar-refractivity contribution in [2.24, 2.45) is 0 Å². The quantitative estimate of drug-likeness (QED) is 0.856. The molecule has 2 aromatic rings. The molecule has 1 unspecified atom stereocenters. The Hall–Kier alpha value is -1.59. The summed E-state index contributed by atoms with van der Waals surface area (Å²) in [5.74, 6) is 0.742. The van der Waals surface area contributed by atoms with Crippen LogP contribution in [0.2, 0.25) is 0 Å². The highest BCUT2D eigenvalue weighted by atomic mass is 16.3. The first-order valence-corrected chi connectivity index (χ1v) is 7.74. The molecule has 5 nitrogen and oxygen atoms in total. The minimum Gasteiger partial charge on any atom is -0.439 e. The first-order valence-electron chi connectivity index (χ1n) is 7.74. The lowest BCUT2D eigenvalue weighted by atomic mass is 10.2. The summed E-state index contributed by atoms with van der Waals surface area (Å²) < 4.78 is 5.79. The van der Waals surface area contributed by atoms with E-state index in [-0.39, 0.29) is 0 Å². The average molecular weight is 288 g/mol. The number of aromatic nitrogens is 1. The first-order chi connectivity index (χ1) is 10.2. The Labute approximate surface area is 125 Å². The van der Waals surface area contributed by atoms with E-state index >= 15 is 0 Å². The lowest BCUT2D eigenvalue weighted by Crippen LogP contribution is -2.38. The van der Waals surface area contributed by atoms with Gasteiger partial charge in [-0.05, 0) is 45.1 Å². The number of hydrogen-bond donors (Lipinski definition) is 1. The van der Waals surface area contributed by atoms with E-state index in [9.17, 15) is 0 Å². The van der Waals surface area contributed by atoms with Crippen molar-refractivity contribution < 1.29 is 4.42 Å². The number of oxazole rings is 1. The van der Waals surface area contributed by atoms with Gasteiger partial charge in [0.05, 0.1) is 12.2 Å². The maximum atomic E-state index is 5.93. The molecule has 1 fully saturated rings. The fourth-order valence-corrected chi connectivity index (χ4v) is 3.26. The second-order valence-corrected chi connectivity index (χ2v) is 5.92. The van der Waals surface area contributed by atoms with Gasteiger partial charge in [0.2, 0.25) is 5.89 Å². The third-order valence-electron chi connectivity index (χ3n) is 4.33. The highest BCUT2D eigenvalue weighted by Gasteiger charge is 2.24. The Morgan fingerprint density at radius 3 is 3.10 bits per heavy atom. The molecule has 1 saturated heterocycles. The lowest BCUT2D eigenvalue weighted by Gasteiger charge is -2.26. The first kappa shape index (κ1) is 14.4. The summed E-state index contributed by atoms with van der Waals surface area (Å²) in [6.45, 7) is 6.39. The van der Waals surface area contributed by atoms with Crippen molar-refractivity contribution in [2.45, 2.75) is 32.4 Å². The minimum atomic E-state index is 0.662. The zero-order valence-electron chi connectivity index (χ0n) is 12.9. The monoisotopic (exact) mass is 288 g/mol. The van der Waals surface area contributed by atoms with Crippen LogP contribution in [0.3, 0.4) is 0 Å². The number of nitrogens with zero attached hydrogens (tertiary/aromatic N) is 3. The highest BCUT2D eigenvalue weighted by molar-refractivity contribution is 5.85. The van der Waals surface area contributed by atoms with E-state index in [1.165, 1.54) is 19.4 Å². The molecule has 3 rings (SSSR count). The van der Waals surface area contributed by atoms with Gasteiger partial charge < -0.3 is 10.2 Å². The van der Waals surface area contributed by atoms with Gasteiger partial charge in [0.1, 0.15) is 5.52 Å². The molecular formula is C16H24N4O. The van der Waals surface area contributed by atoms with Gasteiger partial charge in [0, 0.05) is 12.6 Å². The van der Waals surface area contributed by atoms with Crippen LogP contribution in [0.1, 0.15) is 25.7 Å². The van der Waals surface area contributed by atoms with E-state index in [1.54, 1.807) is 0 Å². The van der Waals surface area contributed by atoms with Gasteiger partial charge >= 0.3 is 0 Å². The fourth-order valence-electron chi connectivity index (χ4n) is 3.26. The minimum absolute atomic E-state index is 0.662. The summed E-state index contributed by atoms with van der Waals surface area (Å²) in [5, 5.41) is 0. The second-order valence-electron chi connectivity index (χ2n) is 5.92. The molecule has 5 heteroatoms. The predicted octanol–water partition coefficient (Wildman–Crippen LogP) is 2.33. The largest absolute Gasteiger partial charge is 0.439 e. The van der Waals surface area contributed by atoms with Crippen molar-refractivity contribution in [2.75, 3.05) is 32.4 Å². The number of nitrogen functional groups attached to an aromatic ring is 1. The molecule has 1 aliphatic heterocycles. The summed E-state index contributed by atoms with van der Waals surface area (Å²) in [6.07, 6.45) is 2.60. The molecule has 1 aromatic heterocycles. The number of hydrogen-bond acceptors (Lipinski definition) is 5. The Balaban J connectivity index is 1.66. The van der Waals surface area contributed by atoms with E-state index in [0.29, 0.717) is 11.7 Å². The maximum Gasteiger partial charge on any atom is 0.209 e. The number of anilines is 1. The number of rotatable bonds is 5. The van der Waals surface area contributed by atoms with Gasteiger partial charge in [0.15, 0.2) is 5.58 Å². The van der Waals surface area contributed by atoms with E-state index in [1.807, 2.05) is 18.2 Å². The summed E-state index contributed by atoms with van der Waals surface area (Å²) in [5.41, 5.74) is 8.15. The van der Waals surface area contributed by atoms with Gasteiger partial charge in [-0.2, -0.15) is 0 Å². The van der Waals surface area contributed by atoms with Crippen molar-refractivity contribution in [1.29, 1.82) is 0 Å². The van der Waals surface area contributed by atoms with Gasteiger partial charge in [-0.15, -0.1) is 0 Å². The number of likely N-dealkylation sites (tertiary alicyclic amines) is 1. The van der Waals surface area contributed by atoms with Gasteiger partial charge in [0.25, 0.3) is 0 Å². The van der Waals surface area contributed by atoms with Crippen LogP contribution in [0.15, 0.2) is 22.6 Å². The number of likely N-dealkylation sites (N-methyl/N-ethyl adjacent to an activating group) is 2. The van der Waals surface area contributed by atoms with Crippen LogP contribution in [0.5, 0.6) is 0 Å². The third kappa shape index (κ3) is 3.04. The summed E-state index contributed by atoms with van der Waals surface area (Å²) in [4.78, 5) is 9.37. The molecule has 21 heavy (non-hydrogen) atoms. The van der Waals surface area contributed by atoms with Crippen LogP contribution >= 0.6 is 0 Å². The zero-order valence-corrected chi connectivity index (χ0v) is 12.9. The number of nitrogens with two attached hydrogens (primary N) is 1. The van der Waals surface area contributed by atoms with Crippen molar-refractivity contribution in [1.82, 2.24) is 14.8 Å². The molecule has 1 aliphatic rings. The van der Waals surface area contributed by atoms with Crippen molar-refractivity contribution in [3.8, 4) is 0 Å². The number of benzene rings is 1. The lowest BCUT2D eigenvalue weighted by molar-refractivity contribution is 0.186. The zero-order chi connectivity index (χ0) is 14.8. The molecule has 2 heterocycles. The maximum absolute atomic E-state index is 5.93. The predicted molar refractivity (Wildman–Crippen MR) is 85.0 cm³/mol. The molecule has 1 atom stereocenters. The van der Waals surface area contributed by atoms with E-state index in [4.69, 9.17) is 10.2 Å². The van der Waals surface area contributed by atoms with Gasteiger partial charge in [-0.1, -0.05) is 13.0 Å². The molecule has 0 saturated carbocycles. The SMILES string of the molecule is CCN1CCCC1CN(C)Cc1nc2c(N)cccc2o1. The van der Waals surface area contributed by atoms with Crippen LogP contribution < -0.4 is 5.73 Å². The van der Waals surface area contributed by atoms with Crippen molar-refractivity contribution >= 4 is 16.8 Å². The molecule has 0 amide bonds.